The molecule has 0 aromatic heterocycles. The first-order valence-electron chi connectivity index (χ1n) is 10.0. The quantitative estimate of drug-likeness (QED) is 0.352. The third kappa shape index (κ3) is 7.54. The van der Waals surface area contributed by atoms with Gasteiger partial charge in [0.1, 0.15) is 0 Å². The van der Waals surface area contributed by atoms with E-state index in [1.54, 1.807) is 20.8 Å². The highest BCUT2D eigenvalue weighted by Gasteiger charge is 2.28. The van der Waals surface area contributed by atoms with Crippen molar-refractivity contribution in [2.45, 2.75) is 51.7 Å². The van der Waals surface area contributed by atoms with Gasteiger partial charge in [-0.2, -0.15) is 0 Å². The number of nitrogens with zero attached hydrogens (tertiary/aromatic N) is 2. The standard InChI is InChI=1S/C21H35N3O2S.HI/c1-5-22-20(23-13-16-27(25,26)21(2,3)4)24-14-11-19(12-15-24)17-18-9-7-6-8-10-18;/h6-10,19H,5,11-17H2,1-4H3,(H,22,23);1H. The number of nitrogens with one attached hydrogen (secondary N) is 1. The molecule has 1 fully saturated rings. The van der Waals surface area contributed by atoms with Gasteiger partial charge in [0.2, 0.25) is 0 Å². The summed E-state index contributed by atoms with van der Waals surface area (Å²) < 4.78 is 23.8. The first-order valence-corrected chi connectivity index (χ1v) is 11.7. The smallest absolute Gasteiger partial charge is 0.193 e. The molecule has 1 heterocycles. The Bertz CT molecular complexity index is 707. The van der Waals surface area contributed by atoms with Crippen molar-refractivity contribution in [3.05, 3.63) is 35.9 Å². The van der Waals surface area contributed by atoms with Crippen molar-refractivity contribution in [1.82, 2.24) is 10.2 Å². The number of hydrogen-bond donors (Lipinski definition) is 1. The summed E-state index contributed by atoms with van der Waals surface area (Å²) in [5, 5.41) is 3.32. The Kier molecular flexibility index (Phi) is 10.2. The molecule has 1 aromatic rings. The molecule has 1 saturated heterocycles. The van der Waals surface area contributed by atoms with Crippen LogP contribution >= 0.6 is 24.0 Å². The monoisotopic (exact) mass is 521 g/mol. The summed E-state index contributed by atoms with van der Waals surface area (Å²) in [4.78, 5) is 6.87. The molecule has 1 aliphatic rings. The van der Waals surface area contributed by atoms with Crippen LogP contribution in [0.4, 0.5) is 0 Å². The fourth-order valence-corrected chi connectivity index (χ4v) is 4.24. The minimum Gasteiger partial charge on any atom is -0.357 e. The van der Waals surface area contributed by atoms with Crippen molar-refractivity contribution >= 4 is 39.8 Å². The van der Waals surface area contributed by atoms with Gasteiger partial charge in [-0.1, -0.05) is 30.3 Å². The van der Waals surface area contributed by atoms with E-state index in [0.717, 1.165) is 44.9 Å². The fraction of sp³-hybridized carbons (Fsp3) is 0.667. The summed E-state index contributed by atoms with van der Waals surface area (Å²) in [6.45, 7) is 10.3. The number of sulfone groups is 1. The van der Waals surface area contributed by atoms with Gasteiger partial charge in [0, 0.05) is 19.6 Å². The van der Waals surface area contributed by atoms with E-state index < -0.39 is 14.6 Å². The van der Waals surface area contributed by atoms with Crippen molar-refractivity contribution in [3.63, 3.8) is 0 Å². The van der Waals surface area contributed by atoms with Crippen LogP contribution in [0.2, 0.25) is 0 Å². The Morgan fingerprint density at radius 1 is 1.18 bits per heavy atom. The highest BCUT2D eigenvalue weighted by Crippen LogP contribution is 2.22. The summed E-state index contributed by atoms with van der Waals surface area (Å²) in [6, 6.07) is 10.7. The molecule has 0 atom stereocenters. The molecule has 0 amide bonds. The third-order valence-corrected chi connectivity index (χ3v) is 7.76. The number of rotatable bonds is 6. The van der Waals surface area contributed by atoms with Crippen molar-refractivity contribution in [1.29, 1.82) is 0 Å². The Hall–Kier alpha value is -0.830. The van der Waals surface area contributed by atoms with Crippen LogP contribution in [0.5, 0.6) is 0 Å². The number of halogens is 1. The van der Waals surface area contributed by atoms with Gasteiger partial charge in [0.25, 0.3) is 0 Å². The lowest BCUT2D eigenvalue weighted by atomic mass is 9.90. The summed E-state index contributed by atoms with van der Waals surface area (Å²) in [5.41, 5.74) is 1.41. The second-order valence-electron chi connectivity index (χ2n) is 8.29. The largest absolute Gasteiger partial charge is 0.357 e. The van der Waals surface area contributed by atoms with E-state index in [4.69, 9.17) is 0 Å². The van der Waals surface area contributed by atoms with E-state index in [-0.39, 0.29) is 29.7 Å². The molecular weight excluding hydrogens is 485 g/mol. The molecule has 1 N–H and O–H groups in total. The lowest BCUT2D eigenvalue weighted by Gasteiger charge is -2.34. The number of guanidine groups is 1. The van der Waals surface area contributed by atoms with Crippen LogP contribution in [-0.2, 0) is 16.3 Å². The van der Waals surface area contributed by atoms with Gasteiger partial charge in [0.15, 0.2) is 15.8 Å². The minimum atomic E-state index is -3.14. The van der Waals surface area contributed by atoms with Crippen molar-refractivity contribution in [3.8, 4) is 0 Å². The van der Waals surface area contributed by atoms with Crippen molar-refractivity contribution in [2.24, 2.45) is 10.9 Å². The fourth-order valence-electron chi connectivity index (χ4n) is 3.30. The van der Waals surface area contributed by atoms with E-state index in [9.17, 15) is 8.42 Å². The number of benzene rings is 1. The summed E-state index contributed by atoms with van der Waals surface area (Å²) in [7, 11) is -3.14. The molecule has 0 spiro atoms. The van der Waals surface area contributed by atoms with Crippen LogP contribution in [0.15, 0.2) is 35.3 Å². The Morgan fingerprint density at radius 2 is 1.79 bits per heavy atom. The van der Waals surface area contributed by atoms with Gasteiger partial charge in [-0.15, -0.1) is 24.0 Å². The Balaban J connectivity index is 0.00000392. The normalized spacial score (nSPS) is 16.6. The molecule has 1 aliphatic heterocycles. The van der Waals surface area contributed by atoms with Gasteiger partial charge in [-0.05, 0) is 58.4 Å². The van der Waals surface area contributed by atoms with Crippen LogP contribution in [0.3, 0.4) is 0 Å². The second kappa shape index (κ2) is 11.4. The highest BCUT2D eigenvalue weighted by molar-refractivity contribution is 14.0. The van der Waals surface area contributed by atoms with Gasteiger partial charge < -0.3 is 10.2 Å². The molecule has 5 nitrogen and oxygen atoms in total. The van der Waals surface area contributed by atoms with E-state index in [0.29, 0.717) is 12.5 Å². The lowest BCUT2D eigenvalue weighted by molar-refractivity contribution is 0.259. The zero-order chi connectivity index (χ0) is 19.9. The first kappa shape index (κ1) is 25.2. The zero-order valence-electron chi connectivity index (χ0n) is 17.6. The molecule has 2 rings (SSSR count). The van der Waals surface area contributed by atoms with E-state index in [2.05, 4.69) is 45.5 Å². The van der Waals surface area contributed by atoms with Gasteiger partial charge >= 0.3 is 0 Å². The van der Waals surface area contributed by atoms with Crippen molar-refractivity contribution in [2.75, 3.05) is 31.9 Å². The molecule has 0 unspecified atom stereocenters. The lowest BCUT2D eigenvalue weighted by Crippen LogP contribution is -2.46. The summed E-state index contributed by atoms with van der Waals surface area (Å²) >= 11 is 0. The molecule has 1 aromatic carbocycles. The molecule has 28 heavy (non-hydrogen) atoms. The van der Waals surface area contributed by atoms with E-state index in [1.165, 1.54) is 5.56 Å². The maximum absolute atomic E-state index is 12.3. The minimum absolute atomic E-state index is 0. The van der Waals surface area contributed by atoms with Gasteiger partial charge in [0.05, 0.1) is 17.0 Å². The SMILES string of the molecule is CCNC(=NCCS(=O)(=O)C(C)(C)C)N1CCC(Cc2ccccc2)CC1.I. The van der Waals surface area contributed by atoms with Crippen LogP contribution in [0, 0.1) is 5.92 Å². The average Bonchev–Trinajstić information content (AvgIpc) is 2.61. The predicted octanol–water partition coefficient (Wildman–Crippen LogP) is 3.74. The van der Waals surface area contributed by atoms with Crippen LogP contribution in [0.25, 0.3) is 0 Å². The Labute approximate surface area is 188 Å². The molecule has 7 heteroatoms. The zero-order valence-corrected chi connectivity index (χ0v) is 20.8. The summed E-state index contributed by atoms with van der Waals surface area (Å²) in [6.07, 6.45) is 3.41. The first-order chi connectivity index (χ1) is 12.7. The highest BCUT2D eigenvalue weighted by atomic mass is 127. The second-order valence-corrected chi connectivity index (χ2v) is 11.1. The van der Waals surface area contributed by atoms with E-state index >= 15 is 0 Å². The topological polar surface area (TPSA) is 61.8 Å². The van der Waals surface area contributed by atoms with Crippen LogP contribution in [-0.4, -0.2) is 56.0 Å². The number of likely N-dealkylation sites (tertiary alicyclic amines) is 1. The third-order valence-electron chi connectivity index (χ3n) is 5.17. The predicted molar refractivity (Wildman–Crippen MR) is 129 cm³/mol. The van der Waals surface area contributed by atoms with Crippen LogP contribution in [0.1, 0.15) is 46.1 Å². The molecule has 0 bridgehead atoms. The average molecular weight is 522 g/mol. The Morgan fingerprint density at radius 3 is 2.32 bits per heavy atom. The van der Waals surface area contributed by atoms with E-state index in [1.807, 2.05) is 6.92 Å². The van der Waals surface area contributed by atoms with Gasteiger partial charge in [-0.3, -0.25) is 4.99 Å². The molecule has 0 radical (unpaired) electrons. The maximum Gasteiger partial charge on any atom is 0.193 e. The maximum atomic E-state index is 12.3. The molecule has 0 saturated carbocycles. The number of piperidine rings is 1. The van der Waals surface area contributed by atoms with Crippen LogP contribution < -0.4 is 5.32 Å². The molecule has 160 valence electrons. The summed E-state index contributed by atoms with van der Waals surface area (Å²) in [5.74, 6) is 1.64. The van der Waals surface area contributed by atoms with Gasteiger partial charge in [-0.25, -0.2) is 8.42 Å². The van der Waals surface area contributed by atoms with Crippen molar-refractivity contribution < 1.29 is 8.42 Å². The number of hydrogen-bond acceptors (Lipinski definition) is 3. The molecular formula is C21H36IN3O2S. The number of aliphatic imine (C=N–C) groups is 1. The molecule has 0 aliphatic carbocycles.